The Kier molecular flexibility index (Phi) is 8.28. The van der Waals surface area contributed by atoms with Gasteiger partial charge in [-0.1, -0.05) is 115 Å². The van der Waals surface area contributed by atoms with Crippen LogP contribution in [0.25, 0.3) is 55.7 Å². The molecule has 0 amide bonds. The number of aromatic nitrogens is 4. The molecule has 9 aromatic rings. The Balaban J connectivity index is 1.06. The third kappa shape index (κ3) is 6.02. The first-order chi connectivity index (χ1) is 26.0. The molecule has 0 aliphatic rings. The summed E-state index contributed by atoms with van der Waals surface area (Å²) in [7, 11) is 0. The number of hydrogen-bond acceptors (Lipinski definition) is 0. The predicted octanol–water partition coefficient (Wildman–Crippen LogP) is 10.5. The first-order valence-electron chi connectivity index (χ1n) is 18.4. The molecule has 7 aromatic carbocycles. The fourth-order valence-electron chi connectivity index (χ4n) is 8.00. The second kappa shape index (κ2) is 13.6. The van der Waals surface area contributed by atoms with Crippen molar-refractivity contribution >= 4 is 22.1 Å². The molecule has 0 aliphatic carbocycles. The molecule has 4 heteroatoms. The molecule has 4 nitrogen and oxygen atoms in total. The van der Waals surface area contributed by atoms with Gasteiger partial charge in [-0.15, -0.1) is 0 Å². The van der Waals surface area contributed by atoms with Crippen LogP contribution in [0.15, 0.2) is 176 Å². The van der Waals surface area contributed by atoms with Crippen molar-refractivity contribution < 1.29 is 9.13 Å². The minimum atomic E-state index is 0.792. The molecule has 0 fully saturated rings. The summed E-state index contributed by atoms with van der Waals surface area (Å²) in [5, 5.41) is 0. The van der Waals surface area contributed by atoms with Gasteiger partial charge in [-0.2, -0.15) is 9.13 Å². The average Bonchev–Trinajstić information content (AvgIpc) is 3.77. The normalized spacial score (nSPS) is 11.5. The summed E-state index contributed by atoms with van der Waals surface area (Å²) in [5.74, 6) is 0. The molecule has 9 rings (SSSR count). The second-order valence-corrected chi connectivity index (χ2v) is 14.1. The van der Waals surface area contributed by atoms with E-state index in [-0.39, 0.29) is 0 Å². The summed E-state index contributed by atoms with van der Waals surface area (Å²) in [5.41, 5.74) is 18.8. The first-order valence-corrected chi connectivity index (χ1v) is 18.4. The molecular formula is C49H42N4+2. The summed E-state index contributed by atoms with van der Waals surface area (Å²) < 4.78 is 9.46. The molecule has 2 aromatic heterocycles. The van der Waals surface area contributed by atoms with Crippen molar-refractivity contribution in [3.8, 4) is 33.6 Å². The highest BCUT2D eigenvalue weighted by molar-refractivity contribution is 5.76. The highest BCUT2D eigenvalue weighted by Gasteiger charge is 2.23. The van der Waals surface area contributed by atoms with Crippen LogP contribution in [0.4, 0.5) is 0 Å². The van der Waals surface area contributed by atoms with E-state index in [1.54, 1.807) is 0 Å². The maximum absolute atomic E-state index is 2.41. The van der Waals surface area contributed by atoms with Crippen LogP contribution in [0, 0.1) is 20.8 Å². The zero-order valence-corrected chi connectivity index (χ0v) is 30.4. The summed E-state index contributed by atoms with van der Waals surface area (Å²) >= 11 is 0. The SMILES string of the molecule is Cc1cc(C)c(C[n+]2cn(-c3ccc(-c4ccccc4)cc3)c3ccccc32)c(C)c1C[n+]1cn(-c2ccc(-c3ccccc3)cc2)c2ccccc21. The van der Waals surface area contributed by atoms with Gasteiger partial charge in [0.1, 0.15) is 24.5 Å². The summed E-state index contributed by atoms with van der Waals surface area (Å²) in [6.07, 6.45) is 4.54. The lowest BCUT2D eigenvalue weighted by atomic mass is 9.93. The zero-order valence-electron chi connectivity index (χ0n) is 30.4. The van der Waals surface area contributed by atoms with Crippen LogP contribution in [-0.4, -0.2) is 9.13 Å². The molecule has 0 atom stereocenters. The molecule has 2 heterocycles. The number of nitrogens with zero attached hydrogens (tertiary/aromatic N) is 4. The topological polar surface area (TPSA) is 17.6 Å². The number of imidazole rings is 2. The standard InChI is InChI=1S/C49H42N4/c1-35-30-36(2)45(32-51-34-53(49-21-13-11-19-47(49)51)43-28-24-41(25-29-43)39-16-8-5-9-17-39)37(3)44(35)31-50-33-52(48-20-12-10-18-46(48)50)42-26-22-40(23-27-42)38-14-6-4-7-15-38/h4-30,33-34H,31-32H2,1-3H3/q+2. The largest absolute Gasteiger partial charge is 0.250 e. The molecule has 0 unspecified atom stereocenters. The van der Waals surface area contributed by atoms with Gasteiger partial charge in [0.2, 0.25) is 12.7 Å². The molecule has 0 radical (unpaired) electrons. The molecule has 53 heavy (non-hydrogen) atoms. The van der Waals surface area contributed by atoms with E-state index in [1.807, 2.05) is 0 Å². The lowest BCUT2D eigenvalue weighted by Gasteiger charge is -2.16. The van der Waals surface area contributed by atoms with Crippen molar-refractivity contribution in [2.45, 2.75) is 33.9 Å². The van der Waals surface area contributed by atoms with Crippen molar-refractivity contribution in [3.05, 3.63) is 204 Å². The van der Waals surface area contributed by atoms with E-state index in [0.29, 0.717) is 0 Å². The van der Waals surface area contributed by atoms with Crippen LogP contribution < -0.4 is 9.13 Å². The minimum Gasteiger partial charge on any atom is -0.225 e. The Morgan fingerprint density at radius 2 is 0.755 bits per heavy atom. The lowest BCUT2D eigenvalue weighted by molar-refractivity contribution is -0.664. The number of aryl methyl sites for hydroxylation is 2. The maximum atomic E-state index is 2.41. The van der Waals surface area contributed by atoms with Crippen molar-refractivity contribution in [1.82, 2.24) is 9.13 Å². The predicted molar refractivity (Wildman–Crippen MR) is 217 cm³/mol. The highest BCUT2D eigenvalue weighted by atomic mass is 15.1. The van der Waals surface area contributed by atoms with Crippen molar-refractivity contribution in [3.63, 3.8) is 0 Å². The van der Waals surface area contributed by atoms with Gasteiger partial charge < -0.3 is 0 Å². The highest BCUT2D eigenvalue weighted by Crippen LogP contribution is 2.27. The molecule has 0 bridgehead atoms. The third-order valence-electron chi connectivity index (χ3n) is 10.9. The molecule has 0 saturated heterocycles. The van der Waals surface area contributed by atoms with E-state index in [0.717, 1.165) is 24.5 Å². The van der Waals surface area contributed by atoms with E-state index in [4.69, 9.17) is 0 Å². The monoisotopic (exact) mass is 686 g/mol. The number of rotatable bonds is 8. The van der Waals surface area contributed by atoms with E-state index < -0.39 is 0 Å². The van der Waals surface area contributed by atoms with E-state index in [1.165, 1.54) is 72.1 Å². The number of benzene rings is 7. The van der Waals surface area contributed by atoms with Crippen molar-refractivity contribution in [2.75, 3.05) is 0 Å². The fraction of sp³-hybridized carbons (Fsp3) is 0.102. The minimum absolute atomic E-state index is 0.792. The van der Waals surface area contributed by atoms with E-state index >= 15 is 0 Å². The maximum Gasteiger partial charge on any atom is 0.250 e. The average molecular weight is 687 g/mol. The number of para-hydroxylation sites is 4. The van der Waals surface area contributed by atoms with Gasteiger partial charge in [0, 0.05) is 0 Å². The third-order valence-corrected chi connectivity index (χ3v) is 10.9. The molecule has 0 spiro atoms. The van der Waals surface area contributed by atoms with Gasteiger partial charge in [-0.3, -0.25) is 0 Å². The van der Waals surface area contributed by atoms with Gasteiger partial charge in [0.15, 0.2) is 22.1 Å². The van der Waals surface area contributed by atoms with Gasteiger partial charge in [-0.25, -0.2) is 9.13 Å². The Bertz CT molecular complexity index is 2530. The summed E-state index contributed by atoms with van der Waals surface area (Å²) in [6, 6.07) is 58.8. The van der Waals surface area contributed by atoms with Crippen LogP contribution in [0.5, 0.6) is 0 Å². The van der Waals surface area contributed by atoms with E-state index in [9.17, 15) is 0 Å². The van der Waals surface area contributed by atoms with E-state index in [2.05, 4.69) is 215 Å². The van der Waals surface area contributed by atoms with Crippen molar-refractivity contribution in [2.24, 2.45) is 0 Å². The smallest absolute Gasteiger partial charge is 0.225 e. The van der Waals surface area contributed by atoms with Crippen LogP contribution in [-0.2, 0) is 13.1 Å². The Hall–Kier alpha value is -6.52. The first kappa shape index (κ1) is 32.4. The Morgan fingerprint density at radius 1 is 0.396 bits per heavy atom. The van der Waals surface area contributed by atoms with Crippen molar-refractivity contribution in [1.29, 1.82) is 0 Å². The van der Waals surface area contributed by atoms with Gasteiger partial charge >= 0.3 is 0 Å². The van der Waals surface area contributed by atoms with Gasteiger partial charge in [0.25, 0.3) is 0 Å². The van der Waals surface area contributed by atoms with Crippen LogP contribution in [0.2, 0.25) is 0 Å². The molecular weight excluding hydrogens is 645 g/mol. The van der Waals surface area contributed by atoms with Gasteiger partial charge in [-0.05, 0) is 119 Å². The zero-order chi connectivity index (χ0) is 35.9. The van der Waals surface area contributed by atoms with Crippen LogP contribution in [0.1, 0.15) is 27.8 Å². The second-order valence-electron chi connectivity index (χ2n) is 14.1. The lowest BCUT2D eigenvalue weighted by Crippen LogP contribution is -2.36. The molecule has 0 saturated carbocycles. The van der Waals surface area contributed by atoms with Crippen LogP contribution in [0.3, 0.4) is 0 Å². The van der Waals surface area contributed by atoms with Gasteiger partial charge in [0.05, 0.1) is 0 Å². The molecule has 0 aliphatic heterocycles. The summed E-state index contributed by atoms with van der Waals surface area (Å²) in [4.78, 5) is 0. The molecule has 0 N–H and O–H groups in total. The Labute approximate surface area is 311 Å². The fourth-order valence-corrected chi connectivity index (χ4v) is 8.00. The summed E-state index contributed by atoms with van der Waals surface area (Å²) in [6.45, 7) is 8.43. The quantitative estimate of drug-likeness (QED) is 0.142. The number of fused-ring (bicyclic) bond motifs is 2. The number of hydrogen-bond donors (Lipinski definition) is 0. The van der Waals surface area contributed by atoms with Crippen LogP contribution >= 0.6 is 0 Å². The molecule has 256 valence electrons. The Morgan fingerprint density at radius 3 is 1.17 bits per heavy atom.